The molecule has 1 aliphatic rings. The lowest BCUT2D eigenvalue weighted by Gasteiger charge is -2.30. The van der Waals surface area contributed by atoms with Crippen molar-refractivity contribution in [1.82, 2.24) is 0 Å². The number of morpholine rings is 1. The quantitative estimate of drug-likeness (QED) is 0.697. The van der Waals surface area contributed by atoms with E-state index in [0.717, 1.165) is 0 Å². The molecule has 9 heteroatoms. The SMILES string of the molecule is CC(Cc1ccc(OC(F)(F)F)cc1)C(=O)Nc1ccc(F)cc1N1CCOCC1. The molecule has 1 unspecified atom stereocenters. The highest BCUT2D eigenvalue weighted by Crippen LogP contribution is 2.29. The second kappa shape index (κ2) is 9.34. The maximum absolute atomic E-state index is 13.8. The highest BCUT2D eigenvalue weighted by atomic mass is 19.4. The summed E-state index contributed by atoms with van der Waals surface area (Å²) in [5, 5.41) is 2.84. The van der Waals surface area contributed by atoms with Crippen molar-refractivity contribution in [3.05, 3.63) is 53.8 Å². The summed E-state index contributed by atoms with van der Waals surface area (Å²) < 4.78 is 59.7. The van der Waals surface area contributed by atoms with Gasteiger partial charge in [0.05, 0.1) is 24.6 Å². The first-order valence-electron chi connectivity index (χ1n) is 9.49. The van der Waals surface area contributed by atoms with E-state index in [1.165, 1.54) is 42.5 Å². The highest BCUT2D eigenvalue weighted by molar-refractivity contribution is 5.95. The number of carbonyl (C=O) groups is 1. The summed E-state index contributed by atoms with van der Waals surface area (Å²) >= 11 is 0. The summed E-state index contributed by atoms with van der Waals surface area (Å²) in [6.07, 6.45) is -4.42. The van der Waals surface area contributed by atoms with Gasteiger partial charge in [-0.25, -0.2) is 4.39 Å². The Labute approximate surface area is 171 Å². The molecule has 1 atom stereocenters. The van der Waals surface area contributed by atoms with E-state index in [1.54, 1.807) is 6.92 Å². The lowest BCUT2D eigenvalue weighted by atomic mass is 10.00. The zero-order valence-corrected chi connectivity index (χ0v) is 16.3. The number of amides is 1. The van der Waals surface area contributed by atoms with E-state index < -0.39 is 18.1 Å². The standard InChI is InChI=1S/C21H22F4N2O3/c1-14(12-15-2-5-17(6-3-15)30-21(23,24)25)20(28)26-18-7-4-16(22)13-19(18)27-8-10-29-11-9-27/h2-7,13-14H,8-12H2,1H3,(H,26,28). The van der Waals surface area contributed by atoms with Crippen LogP contribution in [0, 0.1) is 11.7 Å². The van der Waals surface area contributed by atoms with Crippen LogP contribution in [0.2, 0.25) is 0 Å². The first-order valence-corrected chi connectivity index (χ1v) is 9.49. The summed E-state index contributed by atoms with van der Waals surface area (Å²) in [5.74, 6) is -1.44. The van der Waals surface area contributed by atoms with Crippen LogP contribution in [0.25, 0.3) is 0 Å². The number of rotatable bonds is 6. The Bertz CT molecular complexity index is 866. The Hall–Kier alpha value is -2.81. The van der Waals surface area contributed by atoms with Crippen molar-refractivity contribution in [3.63, 3.8) is 0 Å². The van der Waals surface area contributed by atoms with Crippen molar-refractivity contribution in [2.24, 2.45) is 5.92 Å². The van der Waals surface area contributed by atoms with Crippen molar-refractivity contribution in [2.75, 3.05) is 36.5 Å². The predicted octanol–water partition coefficient (Wildman–Crippen LogP) is 4.38. The minimum absolute atomic E-state index is 0.272. The van der Waals surface area contributed by atoms with Crippen LogP contribution in [0.5, 0.6) is 5.75 Å². The number of carbonyl (C=O) groups excluding carboxylic acids is 1. The first kappa shape index (κ1) is 21.9. The third-order valence-corrected chi connectivity index (χ3v) is 4.72. The largest absolute Gasteiger partial charge is 0.573 e. The number of hydrogen-bond donors (Lipinski definition) is 1. The minimum atomic E-state index is -4.75. The average Bonchev–Trinajstić information content (AvgIpc) is 2.70. The Morgan fingerprint density at radius 3 is 2.47 bits per heavy atom. The van der Waals surface area contributed by atoms with Gasteiger partial charge in [-0.15, -0.1) is 13.2 Å². The summed E-state index contributed by atoms with van der Waals surface area (Å²) in [5.41, 5.74) is 1.79. The number of anilines is 2. The molecule has 0 bridgehead atoms. The lowest BCUT2D eigenvalue weighted by Crippen LogP contribution is -2.37. The van der Waals surface area contributed by atoms with E-state index in [9.17, 15) is 22.4 Å². The number of alkyl halides is 3. The van der Waals surface area contributed by atoms with E-state index >= 15 is 0 Å². The van der Waals surface area contributed by atoms with Crippen molar-refractivity contribution < 1.29 is 31.8 Å². The van der Waals surface area contributed by atoms with Gasteiger partial charge in [-0.1, -0.05) is 19.1 Å². The van der Waals surface area contributed by atoms with Crippen LogP contribution in [0.15, 0.2) is 42.5 Å². The summed E-state index contributed by atoms with van der Waals surface area (Å²) in [6, 6.07) is 9.58. The summed E-state index contributed by atoms with van der Waals surface area (Å²) in [4.78, 5) is 14.6. The van der Waals surface area contributed by atoms with Crippen molar-refractivity contribution in [3.8, 4) is 5.75 Å². The molecule has 3 rings (SSSR count). The molecule has 2 aromatic rings. The van der Waals surface area contributed by atoms with Crippen LogP contribution in [0.4, 0.5) is 28.9 Å². The van der Waals surface area contributed by atoms with Gasteiger partial charge in [0.2, 0.25) is 5.91 Å². The fraction of sp³-hybridized carbons (Fsp3) is 0.381. The molecule has 0 saturated carbocycles. The van der Waals surface area contributed by atoms with Gasteiger partial charge in [0.25, 0.3) is 0 Å². The number of halogens is 4. The van der Waals surface area contributed by atoms with Crippen molar-refractivity contribution in [2.45, 2.75) is 19.7 Å². The first-order chi connectivity index (χ1) is 14.2. The molecule has 0 aromatic heterocycles. The predicted molar refractivity (Wildman–Crippen MR) is 104 cm³/mol. The van der Waals surface area contributed by atoms with Gasteiger partial charge in [-0.05, 0) is 42.3 Å². The van der Waals surface area contributed by atoms with E-state index in [0.29, 0.717) is 49.7 Å². The molecule has 1 aliphatic heterocycles. The Kier molecular flexibility index (Phi) is 6.81. The van der Waals surface area contributed by atoms with Gasteiger partial charge < -0.3 is 19.7 Å². The lowest BCUT2D eigenvalue weighted by molar-refractivity contribution is -0.274. The van der Waals surface area contributed by atoms with E-state index in [4.69, 9.17) is 4.74 Å². The second-order valence-corrected chi connectivity index (χ2v) is 7.05. The smallest absolute Gasteiger partial charge is 0.406 e. The molecular formula is C21H22F4N2O3. The monoisotopic (exact) mass is 426 g/mol. The molecule has 162 valence electrons. The third kappa shape index (κ3) is 6.09. The molecule has 5 nitrogen and oxygen atoms in total. The van der Waals surface area contributed by atoms with E-state index in [1.807, 2.05) is 4.90 Å². The highest BCUT2D eigenvalue weighted by Gasteiger charge is 2.31. The molecule has 1 fully saturated rings. The van der Waals surface area contributed by atoms with Gasteiger partial charge >= 0.3 is 6.36 Å². The van der Waals surface area contributed by atoms with E-state index in [-0.39, 0.29) is 11.7 Å². The van der Waals surface area contributed by atoms with Gasteiger partial charge in [0, 0.05) is 19.0 Å². The zero-order chi connectivity index (χ0) is 21.7. The number of nitrogens with zero attached hydrogens (tertiary/aromatic N) is 1. The van der Waals surface area contributed by atoms with Crippen molar-refractivity contribution >= 4 is 17.3 Å². The van der Waals surface area contributed by atoms with Crippen LogP contribution >= 0.6 is 0 Å². The Morgan fingerprint density at radius 1 is 1.17 bits per heavy atom. The molecule has 1 N–H and O–H groups in total. The molecule has 2 aromatic carbocycles. The van der Waals surface area contributed by atoms with Gasteiger partial charge in [0.15, 0.2) is 0 Å². The Morgan fingerprint density at radius 2 is 1.83 bits per heavy atom. The summed E-state index contributed by atoms with van der Waals surface area (Å²) in [7, 11) is 0. The normalized spacial score (nSPS) is 15.6. The fourth-order valence-electron chi connectivity index (χ4n) is 3.21. The number of nitrogens with one attached hydrogen (secondary N) is 1. The fourth-order valence-corrected chi connectivity index (χ4v) is 3.21. The van der Waals surface area contributed by atoms with Crippen LogP contribution in [-0.4, -0.2) is 38.6 Å². The minimum Gasteiger partial charge on any atom is -0.406 e. The average molecular weight is 426 g/mol. The van der Waals surface area contributed by atoms with Gasteiger partial charge in [-0.2, -0.15) is 0 Å². The molecule has 1 heterocycles. The zero-order valence-electron chi connectivity index (χ0n) is 16.3. The van der Waals surface area contributed by atoms with Gasteiger partial charge in [0.1, 0.15) is 11.6 Å². The number of ether oxygens (including phenoxy) is 2. The summed E-state index contributed by atoms with van der Waals surface area (Å²) in [6.45, 7) is 3.94. The van der Waals surface area contributed by atoms with Crippen molar-refractivity contribution in [1.29, 1.82) is 0 Å². The van der Waals surface area contributed by atoms with Crippen LogP contribution in [0.1, 0.15) is 12.5 Å². The van der Waals surface area contributed by atoms with Crippen LogP contribution in [0.3, 0.4) is 0 Å². The van der Waals surface area contributed by atoms with Crippen LogP contribution in [-0.2, 0) is 16.0 Å². The van der Waals surface area contributed by atoms with Crippen LogP contribution < -0.4 is 15.0 Å². The second-order valence-electron chi connectivity index (χ2n) is 7.05. The molecule has 0 spiro atoms. The van der Waals surface area contributed by atoms with Gasteiger partial charge in [-0.3, -0.25) is 4.79 Å². The maximum atomic E-state index is 13.8. The Balaban J connectivity index is 1.64. The molecule has 1 saturated heterocycles. The third-order valence-electron chi connectivity index (χ3n) is 4.72. The van der Waals surface area contributed by atoms with E-state index in [2.05, 4.69) is 10.1 Å². The topological polar surface area (TPSA) is 50.8 Å². The maximum Gasteiger partial charge on any atom is 0.573 e. The molecule has 1 amide bonds. The molecule has 0 aliphatic carbocycles. The number of hydrogen-bond acceptors (Lipinski definition) is 4. The molecule has 30 heavy (non-hydrogen) atoms. The molecule has 0 radical (unpaired) electrons. The number of benzene rings is 2. The molecular weight excluding hydrogens is 404 g/mol.